The quantitative estimate of drug-likeness (QED) is 0.143. The van der Waals surface area contributed by atoms with Crippen molar-refractivity contribution in [2.45, 2.75) is 117 Å². The summed E-state index contributed by atoms with van der Waals surface area (Å²) >= 11 is 0. The molecule has 4 rings (SSSR count). The van der Waals surface area contributed by atoms with Crippen molar-refractivity contribution >= 4 is 43.5 Å². The molecule has 2 amide bonds. The van der Waals surface area contributed by atoms with E-state index in [1.165, 1.54) is 0 Å². The number of nitrogens with zero attached hydrogens (tertiary/aromatic N) is 5. The number of carbonyl (C=O) groups excluding carboxylic acids is 2. The van der Waals surface area contributed by atoms with Crippen molar-refractivity contribution in [3.05, 3.63) is 42.1 Å². The van der Waals surface area contributed by atoms with E-state index in [0.717, 1.165) is 18.4 Å². The van der Waals surface area contributed by atoms with Gasteiger partial charge in [0.05, 0.1) is 18.5 Å². The topological polar surface area (TPSA) is 129 Å². The second-order valence-electron chi connectivity index (χ2n) is 16.8. The molecule has 3 heterocycles. The van der Waals surface area contributed by atoms with E-state index in [1.54, 1.807) is 33.7 Å². The average molecular weight is 741 g/mol. The van der Waals surface area contributed by atoms with Crippen LogP contribution < -0.4 is 15.0 Å². The summed E-state index contributed by atoms with van der Waals surface area (Å²) in [4.78, 5) is 35.8. The van der Waals surface area contributed by atoms with Crippen LogP contribution in [0.2, 0.25) is 18.1 Å². The Morgan fingerprint density at radius 2 is 1.62 bits per heavy atom. The van der Waals surface area contributed by atoms with Crippen LogP contribution in [-0.4, -0.2) is 97.3 Å². The number of benzene rings is 1. The highest BCUT2D eigenvalue weighted by Gasteiger charge is 2.38. The molecule has 13 nitrogen and oxygen atoms in total. The Hall–Kier alpha value is -3.88. The van der Waals surface area contributed by atoms with Gasteiger partial charge in [-0.2, -0.15) is 9.61 Å². The van der Waals surface area contributed by atoms with Crippen LogP contribution in [0.4, 0.5) is 26.9 Å². The van der Waals surface area contributed by atoms with E-state index < -0.39 is 25.6 Å². The number of likely N-dealkylation sites (tertiary alicyclic amines) is 1. The Morgan fingerprint density at radius 3 is 2.23 bits per heavy atom. The Kier molecular flexibility index (Phi) is 12.9. The second kappa shape index (κ2) is 16.4. The molecule has 0 aliphatic carbocycles. The zero-order chi connectivity index (χ0) is 38.5. The minimum absolute atomic E-state index is 0.00391. The summed E-state index contributed by atoms with van der Waals surface area (Å²) in [5.41, 5.74) is 0.449. The predicted molar refractivity (Wildman–Crippen MR) is 206 cm³/mol. The third-order valence-electron chi connectivity index (χ3n) is 9.08. The fourth-order valence-corrected chi connectivity index (χ4v) is 6.55. The molecule has 1 fully saturated rings. The van der Waals surface area contributed by atoms with E-state index >= 15 is 0 Å². The molecule has 288 valence electrons. The largest absolute Gasteiger partial charge is 0.491 e. The fraction of sp³-hybridized carbons (Fsp3) is 0.632. The van der Waals surface area contributed by atoms with Gasteiger partial charge in [-0.15, -0.1) is 0 Å². The SMILES string of the molecule is COCCOc1ccc(N(C(=O)OC(C)(C)C)c2c(CCO[Si](C)(C)C(C)(C)C)c(NC3CCCN(C(=O)OC(C)(C)C)C3)nc3ccnn23)cc1. The number of nitrogens with one attached hydrogen (secondary N) is 1. The van der Waals surface area contributed by atoms with Crippen molar-refractivity contribution in [3.63, 3.8) is 0 Å². The molecule has 0 saturated carbocycles. The Balaban J connectivity index is 1.84. The van der Waals surface area contributed by atoms with Crippen molar-refractivity contribution in [2.75, 3.05) is 50.2 Å². The van der Waals surface area contributed by atoms with Gasteiger partial charge in [-0.3, -0.25) is 0 Å². The van der Waals surface area contributed by atoms with Gasteiger partial charge in [0.2, 0.25) is 0 Å². The molecule has 1 aromatic carbocycles. The number of fused-ring (bicyclic) bond motifs is 1. The van der Waals surface area contributed by atoms with Gasteiger partial charge in [0.15, 0.2) is 19.8 Å². The number of ether oxygens (including phenoxy) is 4. The summed E-state index contributed by atoms with van der Waals surface area (Å²) in [7, 11) is -0.508. The number of hydrogen-bond acceptors (Lipinski definition) is 10. The van der Waals surface area contributed by atoms with Gasteiger partial charge >= 0.3 is 12.2 Å². The molecule has 1 atom stereocenters. The number of carbonyl (C=O) groups is 2. The minimum atomic E-state index is -2.13. The lowest BCUT2D eigenvalue weighted by Crippen LogP contribution is -2.47. The molecule has 1 unspecified atom stereocenters. The number of piperidine rings is 1. The molecule has 52 heavy (non-hydrogen) atoms. The van der Waals surface area contributed by atoms with Gasteiger partial charge in [-0.1, -0.05) is 20.8 Å². The van der Waals surface area contributed by atoms with Gasteiger partial charge < -0.3 is 33.6 Å². The van der Waals surface area contributed by atoms with Gasteiger partial charge in [-0.25, -0.2) is 19.5 Å². The summed E-state index contributed by atoms with van der Waals surface area (Å²) in [6.07, 6.45) is 2.79. The van der Waals surface area contributed by atoms with Crippen LogP contribution in [0.1, 0.15) is 80.7 Å². The maximum atomic E-state index is 14.4. The molecular formula is C38H60N6O7Si. The first-order valence-electron chi connectivity index (χ1n) is 18.2. The normalized spacial score (nSPS) is 15.8. The van der Waals surface area contributed by atoms with E-state index in [0.29, 0.717) is 68.1 Å². The zero-order valence-corrected chi connectivity index (χ0v) is 34.3. The van der Waals surface area contributed by atoms with Gasteiger partial charge in [0.25, 0.3) is 0 Å². The summed E-state index contributed by atoms with van der Waals surface area (Å²) in [5, 5.41) is 8.34. The highest BCUT2D eigenvalue weighted by Crippen LogP contribution is 2.39. The van der Waals surface area contributed by atoms with Gasteiger partial charge in [-0.05, 0) is 96.8 Å². The highest BCUT2D eigenvalue weighted by molar-refractivity contribution is 6.74. The highest BCUT2D eigenvalue weighted by atomic mass is 28.4. The van der Waals surface area contributed by atoms with E-state index in [1.807, 2.05) is 65.8 Å². The van der Waals surface area contributed by atoms with Crippen molar-refractivity contribution < 1.29 is 33.0 Å². The number of methoxy groups -OCH3 is 1. The monoisotopic (exact) mass is 740 g/mol. The first kappa shape index (κ1) is 40.9. The molecule has 1 saturated heterocycles. The lowest BCUT2D eigenvalue weighted by atomic mass is 10.1. The summed E-state index contributed by atoms with van der Waals surface area (Å²) in [6, 6.07) is 8.96. The lowest BCUT2D eigenvalue weighted by molar-refractivity contribution is 0.0206. The van der Waals surface area contributed by atoms with Crippen LogP contribution >= 0.6 is 0 Å². The zero-order valence-electron chi connectivity index (χ0n) is 33.3. The van der Waals surface area contributed by atoms with Crippen LogP contribution in [0.15, 0.2) is 36.5 Å². The standard InChI is InChI=1S/C38H60N6O7Si/c1-36(2,3)50-34(45)42-22-13-14-27(26-42)40-32-30(20-23-49-52(11,12)38(7,8)9)33(44-31(41-32)19-21-39-44)43(35(46)51-37(4,5)6)28-15-17-29(18-16-28)48-25-24-47-10/h15-19,21,27H,13-14,20,22-26H2,1-12H3,(H,40,41). The molecule has 2 aromatic heterocycles. The predicted octanol–water partition coefficient (Wildman–Crippen LogP) is 8.20. The van der Waals surface area contributed by atoms with E-state index in [2.05, 4.69) is 44.3 Å². The molecule has 0 spiro atoms. The van der Waals surface area contributed by atoms with Crippen molar-refractivity contribution in [2.24, 2.45) is 0 Å². The molecular weight excluding hydrogens is 681 g/mol. The molecule has 3 aromatic rings. The number of aromatic nitrogens is 3. The molecule has 1 N–H and O–H groups in total. The number of anilines is 3. The summed E-state index contributed by atoms with van der Waals surface area (Å²) in [5.74, 6) is 1.71. The molecule has 0 bridgehead atoms. The number of hydrogen-bond donors (Lipinski definition) is 1. The molecule has 1 aliphatic heterocycles. The molecule has 0 radical (unpaired) electrons. The van der Waals surface area contributed by atoms with Crippen molar-refractivity contribution in [3.8, 4) is 5.75 Å². The number of rotatable bonds is 12. The minimum Gasteiger partial charge on any atom is -0.491 e. The molecule has 1 aliphatic rings. The van der Waals surface area contributed by atoms with Crippen molar-refractivity contribution in [1.82, 2.24) is 19.5 Å². The Labute approximate surface area is 310 Å². The maximum absolute atomic E-state index is 14.4. The van der Waals surface area contributed by atoms with Crippen LogP contribution in [0, 0.1) is 0 Å². The average Bonchev–Trinajstić information content (AvgIpc) is 3.49. The van der Waals surface area contributed by atoms with E-state index in [4.69, 9.17) is 28.4 Å². The first-order chi connectivity index (χ1) is 24.2. The first-order valence-corrected chi connectivity index (χ1v) is 21.1. The van der Waals surface area contributed by atoms with Crippen LogP contribution in [0.25, 0.3) is 5.65 Å². The number of amides is 2. The maximum Gasteiger partial charge on any atom is 0.420 e. The third-order valence-corrected chi connectivity index (χ3v) is 13.6. The Morgan fingerprint density at radius 1 is 0.942 bits per heavy atom. The van der Waals surface area contributed by atoms with E-state index in [9.17, 15) is 9.59 Å². The van der Waals surface area contributed by atoms with Crippen LogP contribution in [0.5, 0.6) is 5.75 Å². The molecule has 14 heteroatoms. The van der Waals surface area contributed by atoms with Gasteiger partial charge in [0.1, 0.15) is 29.4 Å². The smallest absolute Gasteiger partial charge is 0.420 e. The Bertz CT molecular complexity index is 1660. The van der Waals surface area contributed by atoms with Crippen molar-refractivity contribution in [1.29, 1.82) is 0 Å². The summed E-state index contributed by atoms with van der Waals surface area (Å²) in [6.45, 7) is 24.5. The fourth-order valence-electron chi connectivity index (χ4n) is 5.50. The summed E-state index contributed by atoms with van der Waals surface area (Å²) < 4.78 is 31.1. The second-order valence-corrected chi connectivity index (χ2v) is 21.6. The third kappa shape index (κ3) is 10.8. The van der Waals surface area contributed by atoms with Crippen LogP contribution in [0.3, 0.4) is 0 Å². The van der Waals surface area contributed by atoms with Gasteiger partial charge in [0, 0.05) is 50.9 Å². The lowest BCUT2D eigenvalue weighted by Gasteiger charge is -2.37. The van der Waals surface area contributed by atoms with Crippen LogP contribution in [-0.2, 0) is 25.1 Å². The van der Waals surface area contributed by atoms with E-state index in [-0.39, 0.29) is 17.2 Å².